The van der Waals surface area contributed by atoms with E-state index in [0.717, 1.165) is 0 Å². The summed E-state index contributed by atoms with van der Waals surface area (Å²) in [6.45, 7) is 3.87. The number of primary sulfonamides is 1. The summed E-state index contributed by atoms with van der Waals surface area (Å²) in [5.74, 6) is -0.157. The van der Waals surface area contributed by atoms with Crippen molar-refractivity contribution in [2.24, 2.45) is 20.9 Å². The van der Waals surface area contributed by atoms with Crippen LogP contribution in [0, 0.1) is 0 Å². The number of nitrogens with two attached hydrogens (primary N) is 2. The molecule has 0 saturated carbocycles. The van der Waals surface area contributed by atoms with E-state index >= 15 is 0 Å². The molecule has 0 unspecified atom stereocenters. The molecular weight excluding hydrogens is 416 g/mol. The third-order valence-electron chi connectivity index (χ3n) is 4.28. The Kier molecular flexibility index (Phi) is 6.19. The van der Waals surface area contributed by atoms with Gasteiger partial charge in [-0.15, -0.1) is 0 Å². The number of nitrogens with zero attached hydrogens (tertiary/aromatic N) is 2. The molecule has 0 atom stereocenters. The van der Waals surface area contributed by atoms with Gasteiger partial charge in [0.15, 0.2) is 5.84 Å². The first-order valence-corrected chi connectivity index (χ1v) is 10.5. The maximum atomic E-state index is 11.8. The van der Waals surface area contributed by atoms with Crippen LogP contribution in [0.15, 0.2) is 94.3 Å². The number of hydrogen-bond donors (Lipinski definition) is 4. The van der Waals surface area contributed by atoms with Crippen LogP contribution in [-0.2, 0) is 10.0 Å². The fourth-order valence-corrected chi connectivity index (χ4v) is 3.30. The van der Waals surface area contributed by atoms with Gasteiger partial charge in [-0.25, -0.2) is 23.5 Å². The smallest absolute Gasteiger partial charge is 0.238 e. The lowest BCUT2D eigenvalue weighted by atomic mass is 10.1. The van der Waals surface area contributed by atoms with Gasteiger partial charge in [-0.2, -0.15) is 0 Å². The minimum absolute atomic E-state index is 0.0134. The molecule has 0 saturated heterocycles. The highest BCUT2D eigenvalue weighted by atomic mass is 32.2. The summed E-state index contributed by atoms with van der Waals surface area (Å²) in [7, 11) is -3.97. The van der Waals surface area contributed by atoms with Gasteiger partial charge in [0, 0.05) is 11.1 Å². The number of para-hydroxylation sites is 2. The second kappa shape index (κ2) is 8.82. The van der Waals surface area contributed by atoms with E-state index < -0.39 is 10.0 Å². The van der Waals surface area contributed by atoms with Gasteiger partial charge in [0.05, 0.1) is 16.2 Å². The third-order valence-corrected chi connectivity index (χ3v) is 5.19. The van der Waals surface area contributed by atoms with E-state index in [1.165, 1.54) is 30.3 Å². The average Bonchev–Trinajstić information content (AvgIpc) is 2.73. The fraction of sp³-hybridized carbons (Fsp3) is 0. The molecule has 158 valence electrons. The molecule has 31 heavy (non-hydrogen) atoms. The molecule has 0 heterocycles. The first kappa shape index (κ1) is 21.8. The predicted octanol–water partition coefficient (Wildman–Crippen LogP) is 2.57. The first-order chi connectivity index (χ1) is 14.7. The Hall–Kier alpha value is -3.95. The highest BCUT2D eigenvalue weighted by molar-refractivity contribution is 7.89. The Balaban J connectivity index is 2.17. The zero-order valence-electron chi connectivity index (χ0n) is 16.3. The van der Waals surface area contributed by atoms with Gasteiger partial charge < -0.3 is 15.9 Å². The highest BCUT2D eigenvalue weighted by Gasteiger charge is 2.14. The van der Waals surface area contributed by atoms with Crippen molar-refractivity contribution in [3.05, 3.63) is 96.1 Å². The van der Waals surface area contributed by atoms with Crippen LogP contribution in [-0.4, -0.2) is 30.3 Å². The minimum atomic E-state index is -3.97. The molecule has 0 aromatic heterocycles. The lowest BCUT2D eigenvalue weighted by Crippen LogP contribution is -2.17. The number of hydrogen-bond acceptors (Lipinski definition) is 5. The van der Waals surface area contributed by atoms with Gasteiger partial charge >= 0.3 is 0 Å². The third kappa shape index (κ3) is 5.16. The molecule has 0 radical (unpaired) electrons. The normalized spacial score (nSPS) is 12.5. The number of sulfonamides is 1. The zero-order chi connectivity index (χ0) is 22.6. The van der Waals surface area contributed by atoms with Crippen LogP contribution < -0.4 is 10.9 Å². The topological polar surface area (TPSA) is 151 Å². The minimum Gasteiger partial charge on any atom is -0.507 e. The fourth-order valence-electron chi connectivity index (χ4n) is 2.74. The van der Waals surface area contributed by atoms with Crippen LogP contribution in [0.3, 0.4) is 0 Å². The standard InChI is InChI=1S/C22H20N4O4S/c1-14(17-9-2-4-11-19(17)27)25-22(15-7-6-8-16(13-15)31(24,29)30)26-21(23)18-10-3-5-12-20(18)28/h2-13,27-28H,1H2,(H2,23,25,26)(H2,24,29,30). The van der Waals surface area contributed by atoms with Crippen molar-refractivity contribution in [1.29, 1.82) is 0 Å². The zero-order valence-corrected chi connectivity index (χ0v) is 17.1. The van der Waals surface area contributed by atoms with Gasteiger partial charge in [0.2, 0.25) is 10.0 Å². The van der Waals surface area contributed by atoms with Crippen LogP contribution >= 0.6 is 0 Å². The SMILES string of the molecule is C=C(/N=C(\N=C(/N)c1ccccc1O)c1cccc(S(N)(=O)=O)c1)c1ccccc1O. The van der Waals surface area contributed by atoms with Crippen LogP contribution in [0.1, 0.15) is 16.7 Å². The molecule has 0 aliphatic rings. The van der Waals surface area contributed by atoms with E-state index in [1.807, 2.05) is 0 Å². The average molecular weight is 436 g/mol. The van der Waals surface area contributed by atoms with Crippen molar-refractivity contribution in [3.8, 4) is 11.5 Å². The molecule has 3 aromatic carbocycles. The Morgan fingerprint density at radius 1 is 0.839 bits per heavy atom. The number of aromatic hydroxyl groups is 2. The predicted molar refractivity (Wildman–Crippen MR) is 120 cm³/mol. The first-order valence-electron chi connectivity index (χ1n) is 8.98. The monoisotopic (exact) mass is 436 g/mol. The van der Waals surface area contributed by atoms with Crippen molar-refractivity contribution < 1.29 is 18.6 Å². The van der Waals surface area contributed by atoms with E-state index in [4.69, 9.17) is 10.9 Å². The molecule has 3 rings (SSSR count). The number of phenolic OH excluding ortho intramolecular Hbond substituents is 2. The van der Waals surface area contributed by atoms with E-state index in [0.29, 0.717) is 11.1 Å². The van der Waals surface area contributed by atoms with Gasteiger partial charge in [-0.1, -0.05) is 43.0 Å². The number of phenols is 2. The van der Waals surface area contributed by atoms with Crippen molar-refractivity contribution >= 4 is 27.4 Å². The van der Waals surface area contributed by atoms with E-state index in [9.17, 15) is 18.6 Å². The maximum Gasteiger partial charge on any atom is 0.238 e. The molecule has 0 aliphatic heterocycles. The summed E-state index contributed by atoms with van der Waals surface area (Å²) in [5.41, 5.74) is 7.18. The van der Waals surface area contributed by atoms with Crippen LogP contribution in [0.4, 0.5) is 0 Å². The van der Waals surface area contributed by atoms with Gasteiger partial charge in [0.1, 0.15) is 17.3 Å². The molecule has 0 fully saturated rings. The van der Waals surface area contributed by atoms with E-state index in [-0.39, 0.29) is 39.3 Å². The Morgan fingerprint density at radius 2 is 1.42 bits per heavy atom. The molecule has 0 amide bonds. The summed E-state index contributed by atoms with van der Waals surface area (Å²) in [6, 6.07) is 18.5. The van der Waals surface area contributed by atoms with Crippen LogP contribution in [0.2, 0.25) is 0 Å². The molecule has 0 spiro atoms. The number of benzene rings is 3. The number of rotatable bonds is 5. The summed E-state index contributed by atoms with van der Waals surface area (Å²) in [6.07, 6.45) is 0. The quantitative estimate of drug-likeness (QED) is 0.358. The van der Waals surface area contributed by atoms with E-state index in [1.54, 1.807) is 42.5 Å². The lowest BCUT2D eigenvalue weighted by molar-refractivity contribution is 0.473. The molecular formula is C22H20N4O4S. The van der Waals surface area contributed by atoms with E-state index in [2.05, 4.69) is 16.6 Å². The largest absolute Gasteiger partial charge is 0.507 e. The molecule has 0 aliphatic carbocycles. The number of amidine groups is 2. The molecule has 0 bridgehead atoms. The van der Waals surface area contributed by atoms with Crippen LogP contribution in [0.5, 0.6) is 11.5 Å². The van der Waals surface area contributed by atoms with Crippen molar-refractivity contribution in [3.63, 3.8) is 0 Å². The van der Waals surface area contributed by atoms with Gasteiger partial charge in [-0.05, 0) is 36.4 Å². The van der Waals surface area contributed by atoms with Gasteiger partial charge in [0.25, 0.3) is 0 Å². The van der Waals surface area contributed by atoms with Crippen molar-refractivity contribution in [2.45, 2.75) is 4.90 Å². The summed E-state index contributed by atoms with van der Waals surface area (Å²) in [4.78, 5) is 8.54. The van der Waals surface area contributed by atoms with Gasteiger partial charge in [-0.3, -0.25) is 0 Å². The molecule has 3 aromatic rings. The second-order valence-electron chi connectivity index (χ2n) is 6.49. The summed E-state index contributed by atoms with van der Waals surface area (Å²) in [5, 5.41) is 25.4. The summed E-state index contributed by atoms with van der Waals surface area (Å²) >= 11 is 0. The van der Waals surface area contributed by atoms with Crippen molar-refractivity contribution in [2.75, 3.05) is 0 Å². The summed E-state index contributed by atoms with van der Waals surface area (Å²) < 4.78 is 23.6. The molecule has 6 N–H and O–H groups in total. The Labute approximate surface area is 179 Å². The molecule has 9 heteroatoms. The maximum absolute atomic E-state index is 11.8. The van der Waals surface area contributed by atoms with Crippen LogP contribution in [0.25, 0.3) is 5.70 Å². The highest BCUT2D eigenvalue weighted by Crippen LogP contribution is 2.25. The Bertz CT molecular complexity index is 1310. The second-order valence-corrected chi connectivity index (χ2v) is 8.05. The Morgan fingerprint density at radius 3 is 2.00 bits per heavy atom. The van der Waals surface area contributed by atoms with Crippen molar-refractivity contribution in [1.82, 2.24) is 0 Å². The number of aliphatic imine (C=N–C) groups is 2. The lowest BCUT2D eigenvalue weighted by Gasteiger charge is -2.09. The molecule has 8 nitrogen and oxygen atoms in total.